The van der Waals surface area contributed by atoms with Crippen molar-refractivity contribution in [1.82, 2.24) is 14.9 Å². The number of amides is 1. The number of nitrogens with one attached hydrogen (secondary N) is 1. The van der Waals surface area contributed by atoms with E-state index in [-0.39, 0.29) is 5.91 Å². The van der Waals surface area contributed by atoms with Gasteiger partial charge in [0.05, 0.1) is 29.1 Å². The molecule has 1 aromatic heterocycles. The maximum absolute atomic E-state index is 12.2. The molecule has 0 aliphatic rings. The number of hydrogen-bond donors (Lipinski definition) is 1. The van der Waals surface area contributed by atoms with Gasteiger partial charge in [-0.3, -0.25) is 4.79 Å². The maximum Gasteiger partial charge on any atom is 0.224 e. The van der Waals surface area contributed by atoms with Gasteiger partial charge >= 0.3 is 0 Å². The molecule has 3 aromatic carbocycles. The van der Waals surface area contributed by atoms with Gasteiger partial charge in [0, 0.05) is 19.5 Å². The third-order valence-electron chi connectivity index (χ3n) is 5.46. The molecule has 170 valence electrons. The van der Waals surface area contributed by atoms with Crippen molar-refractivity contribution >= 4 is 28.5 Å². The summed E-state index contributed by atoms with van der Waals surface area (Å²) in [6, 6.07) is 25.5. The Labute approximate surface area is 199 Å². The SMILES string of the molecule is O=C(Cc1ccccc1)NCCCc1nc2ccccc2n1CCCOc1ccccc1Cl. The Morgan fingerprint density at radius 1 is 0.939 bits per heavy atom. The zero-order chi connectivity index (χ0) is 22.9. The van der Waals surface area contributed by atoms with Gasteiger partial charge in [-0.05, 0) is 42.7 Å². The highest BCUT2D eigenvalue weighted by Crippen LogP contribution is 2.23. The molecule has 0 spiro atoms. The Kier molecular flexibility index (Phi) is 7.99. The minimum Gasteiger partial charge on any atom is -0.492 e. The van der Waals surface area contributed by atoms with Gasteiger partial charge in [0.25, 0.3) is 0 Å². The van der Waals surface area contributed by atoms with Crippen molar-refractivity contribution in [2.45, 2.75) is 32.2 Å². The van der Waals surface area contributed by atoms with Crippen LogP contribution in [0.3, 0.4) is 0 Å². The lowest BCUT2D eigenvalue weighted by Gasteiger charge is -2.11. The van der Waals surface area contributed by atoms with Crippen molar-refractivity contribution in [3.05, 3.63) is 95.3 Å². The van der Waals surface area contributed by atoms with Crippen molar-refractivity contribution in [1.29, 1.82) is 0 Å². The van der Waals surface area contributed by atoms with Crippen LogP contribution in [0.5, 0.6) is 5.75 Å². The summed E-state index contributed by atoms with van der Waals surface area (Å²) in [5.74, 6) is 1.79. The first-order valence-corrected chi connectivity index (χ1v) is 11.7. The van der Waals surface area contributed by atoms with Crippen LogP contribution in [0.4, 0.5) is 0 Å². The molecule has 1 amide bonds. The van der Waals surface area contributed by atoms with E-state index in [1.54, 1.807) is 0 Å². The van der Waals surface area contributed by atoms with E-state index in [4.69, 9.17) is 21.3 Å². The Hall–Kier alpha value is -3.31. The van der Waals surface area contributed by atoms with Gasteiger partial charge in [-0.25, -0.2) is 4.98 Å². The van der Waals surface area contributed by atoms with E-state index in [0.29, 0.717) is 30.3 Å². The zero-order valence-electron chi connectivity index (χ0n) is 18.5. The highest BCUT2D eigenvalue weighted by molar-refractivity contribution is 6.32. The molecule has 0 aliphatic carbocycles. The van der Waals surface area contributed by atoms with Crippen LogP contribution in [0.1, 0.15) is 24.2 Å². The number of para-hydroxylation sites is 3. The number of carbonyl (C=O) groups is 1. The molecule has 33 heavy (non-hydrogen) atoms. The lowest BCUT2D eigenvalue weighted by molar-refractivity contribution is -0.120. The summed E-state index contributed by atoms with van der Waals surface area (Å²) in [5.41, 5.74) is 3.14. The Balaban J connectivity index is 1.30. The van der Waals surface area contributed by atoms with Crippen LogP contribution in [-0.2, 0) is 24.2 Å². The number of aryl methyl sites for hydroxylation is 2. The fourth-order valence-corrected chi connectivity index (χ4v) is 4.04. The van der Waals surface area contributed by atoms with Crippen LogP contribution in [0.2, 0.25) is 5.02 Å². The van der Waals surface area contributed by atoms with Gasteiger partial charge in [-0.2, -0.15) is 0 Å². The number of rotatable bonds is 11. The predicted octanol–water partition coefficient (Wildman–Crippen LogP) is 5.45. The van der Waals surface area contributed by atoms with Crippen molar-refractivity contribution in [2.24, 2.45) is 0 Å². The average molecular weight is 462 g/mol. The third-order valence-corrected chi connectivity index (χ3v) is 5.77. The van der Waals surface area contributed by atoms with Crippen molar-refractivity contribution < 1.29 is 9.53 Å². The highest BCUT2D eigenvalue weighted by atomic mass is 35.5. The van der Waals surface area contributed by atoms with Crippen LogP contribution in [0.25, 0.3) is 11.0 Å². The van der Waals surface area contributed by atoms with Gasteiger partial charge < -0.3 is 14.6 Å². The molecule has 1 N–H and O–H groups in total. The standard InChI is InChI=1S/C27H28ClN3O2/c28-22-12-4-7-15-25(22)33-19-9-18-31-24-14-6-5-13-23(24)30-26(31)16-8-17-29-27(32)20-21-10-2-1-3-11-21/h1-7,10-15H,8-9,16-20H2,(H,29,32). The molecule has 0 saturated heterocycles. The van der Waals surface area contributed by atoms with Gasteiger partial charge in [-0.15, -0.1) is 0 Å². The summed E-state index contributed by atoms with van der Waals surface area (Å²) >= 11 is 6.17. The van der Waals surface area contributed by atoms with Crippen LogP contribution in [-0.4, -0.2) is 28.6 Å². The third kappa shape index (κ3) is 6.36. The summed E-state index contributed by atoms with van der Waals surface area (Å²) in [5, 5.41) is 3.65. The molecular formula is C27H28ClN3O2. The molecule has 4 rings (SSSR count). The topological polar surface area (TPSA) is 56.2 Å². The van der Waals surface area contributed by atoms with E-state index in [9.17, 15) is 4.79 Å². The first kappa shape index (κ1) is 22.9. The van der Waals surface area contributed by atoms with Crippen LogP contribution >= 0.6 is 11.6 Å². The quantitative estimate of drug-likeness (QED) is 0.302. The van der Waals surface area contributed by atoms with E-state index in [1.165, 1.54) is 0 Å². The number of aromatic nitrogens is 2. The number of fused-ring (bicyclic) bond motifs is 1. The molecule has 0 saturated carbocycles. The minimum absolute atomic E-state index is 0.0476. The number of imidazole rings is 1. The molecule has 4 aromatic rings. The predicted molar refractivity (Wildman–Crippen MR) is 133 cm³/mol. The van der Waals surface area contributed by atoms with E-state index >= 15 is 0 Å². The second-order valence-electron chi connectivity index (χ2n) is 7.92. The molecule has 0 aliphatic heterocycles. The summed E-state index contributed by atoms with van der Waals surface area (Å²) < 4.78 is 8.11. The number of nitrogens with zero attached hydrogens (tertiary/aromatic N) is 2. The summed E-state index contributed by atoms with van der Waals surface area (Å²) in [4.78, 5) is 17.0. The second-order valence-corrected chi connectivity index (χ2v) is 8.32. The molecule has 6 heteroatoms. The number of carbonyl (C=O) groups excluding carboxylic acids is 1. The largest absolute Gasteiger partial charge is 0.492 e. The maximum atomic E-state index is 12.2. The van der Waals surface area contributed by atoms with Gasteiger partial charge in [-0.1, -0.05) is 66.2 Å². The first-order chi connectivity index (χ1) is 16.2. The molecule has 0 bridgehead atoms. The monoisotopic (exact) mass is 461 g/mol. The fraction of sp³-hybridized carbons (Fsp3) is 0.259. The fourth-order valence-electron chi connectivity index (χ4n) is 3.85. The summed E-state index contributed by atoms with van der Waals surface area (Å²) in [6.07, 6.45) is 2.88. The van der Waals surface area contributed by atoms with E-state index in [0.717, 1.165) is 48.2 Å². The molecule has 5 nitrogen and oxygen atoms in total. The Morgan fingerprint density at radius 2 is 1.70 bits per heavy atom. The second kappa shape index (κ2) is 11.5. The lowest BCUT2D eigenvalue weighted by Crippen LogP contribution is -2.26. The highest BCUT2D eigenvalue weighted by Gasteiger charge is 2.11. The first-order valence-electron chi connectivity index (χ1n) is 11.3. The van der Waals surface area contributed by atoms with Crippen molar-refractivity contribution in [2.75, 3.05) is 13.2 Å². The Bertz CT molecular complexity index is 1190. The van der Waals surface area contributed by atoms with Crippen LogP contribution in [0, 0.1) is 0 Å². The molecule has 0 atom stereocenters. The molecule has 0 fully saturated rings. The Morgan fingerprint density at radius 3 is 2.55 bits per heavy atom. The molecular weight excluding hydrogens is 434 g/mol. The van der Waals surface area contributed by atoms with Crippen LogP contribution in [0.15, 0.2) is 78.9 Å². The van der Waals surface area contributed by atoms with Crippen molar-refractivity contribution in [3.8, 4) is 5.75 Å². The van der Waals surface area contributed by atoms with Gasteiger partial charge in [0.2, 0.25) is 5.91 Å². The number of halogens is 1. The lowest BCUT2D eigenvalue weighted by atomic mass is 10.1. The van der Waals surface area contributed by atoms with E-state index in [2.05, 4.69) is 16.0 Å². The van der Waals surface area contributed by atoms with E-state index in [1.807, 2.05) is 72.8 Å². The number of ether oxygens (including phenoxy) is 1. The normalized spacial score (nSPS) is 10.9. The molecule has 0 unspecified atom stereocenters. The summed E-state index contributed by atoms with van der Waals surface area (Å²) in [7, 11) is 0. The molecule has 0 radical (unpaired) electrons. The van der Waals surface area contributed by atoms with E-state index < -0.39 is 0 Å². The smallest absolute Gasteiger partial charge is 0.224 e. The van der Waals surface area contributed by atoms with Gasteiger partial charge in [0.1, 0.15) is 11.6 Å². The minimum atomic E-state index is 0.0476. The van der Waals surface area contributed by atoms with Crippen molar-refractivity contribution in [3.63, 3.8) is 0 Å². The molecule has 1 heterocycles. The number of benzene rings is 3. The zero-order valence-corrected chi connectivity index (χ0v) is 19.3. The number of hydrogen-bond acceptors (Lipinski definition) is 3. The average Bonchev–Trinajstić information content (AvgIpc) is 3.18. The van der Waals surface area contributed by atoms with Gasteiger partial charge in [0.15, 0.2) is 0 Å². The summed E-state index contributed by atoms with van der Waals surface area (Å²) in [6.45, 7) is 2.01. The van der Waals surface area contributed by atoms with Crippen LogP contribution < -0.4 is 10.1 Å².